The highest BCUT2D eigenvalue weighted by atomic mass is 16.5. The molecule has 0 aromatic heterocycles. The van der Waals surface area contributed by atoms with E-state index in [1.165, 1.54) is 0 Å². The number of carbonyl (C=O) groups is 2. The third kappa shape index (κ3) is 6.33. The molecule has 38 heavy (non-hydrogen) atoms. The maximum absolute atomic E-state index is 13.3. The average molecular weight is 519 g/mol. The van der Waals surface area contributed by atoms with Crippen molar-refractivity contribution in [2.75, 3.05) is 52.6 Å². The molecule has 0 radical (unpaired) electrons. The molecule has 0 spiro atoms. The molecule has 2 aliphatic rings. The highest BCUT2D eigenvalue weighted by Gasteiger charge is 2.45. The van der Waals surface area contributed by atoms with Crippen molar-refractivity contribution in [2.45, 2.75) is 12.5 Å². The van der Waals surface area contributed by atoms with Crippen LogP contribution < -0.4 is 9.47 Å². The van der Waals surface area contributed by atoms with Crippen LogP contribution in [0.15, 0.2) is 79.4 Å². The van der Waals surface area contributed by atoms with Crippen molar-refractivity contribution in [2.24, 2.45) is 0 Å². The minimum absolute atomic E-state index is 0.0703. The van der Waals surface area contributed by atoms with Crippen molar-refractivity contribution >= 4 is 17.4 Å². The van der Waals surface area contributed by atoms with Crippen LogP contribution in [0, 0.1) is 0 Å². The fraction of sp³-hybridized carbons (Fsp3) is 0.333. The van der Waals surface area contributed by atoms with Gasteiger partial charge in [0.05, 0.1) is 24.8 Å². The summed E-state index contributed by atoms with van der Waals surface area (Å²) in [6.07, 6.45) is 3.99. The molecule has 0 bridgehead atoms. The normalized spacial score (nSPS) is 19.4. The van der Waals surface area contributed by atoms with Crippen LogP contribution in [-0.2, 0) is 14.3 Å². The number of hydrogen-bond acceptors (Lipinski definition) is 7. The fourth-order valence-corrected chi connectivity index (χ4v) is 4.67. The Morgan fingerprint density at radius 2 is 1.50 bits per heavy atom. The largest absolute Gasteiger partial charge is 0.507 e. The van der Waals surface area contributed by atoms with Gasteiger partial charge in [0.25, 0.3) is 11.7 Å². The lowest BCUT2D eigenvalue weighted by molar-refractivity contribution is -0.140. The van der Waals surface area contributed by atoms with Gasteiger partial charge in [0.15, 0.2) is 0 Å². The van der Waals surface area contributed by atoms with Crippen LogP contribution in [0.5, 0.6) is 11.5 Å². The maximum atomic E-state index is 13.3. The van der Waals surface area contributed by atoms with Gasteiger partial charge in [-0.15, -0.1) is 0 Å². The minimum atomic E-state index is -0.718. The van der Waals surface area contributed by atoms with Gasteiger partial charge in [0.2, 0.25) is 0 Å². The number of likely N-dealkylation sites (tertiary alicyclic amines) is 1. The standard InChI is InChI=1S/C30H34N2O6/c1-3-18-37-24-10-6-22(7-11-24)27-26(28(33)23-8-12-25(13-9-23)38-19-4-2)29(34)30(35)32(27)15-5-14-31-16-20-36-21-17-31/h3-4,6-13,27,33H,1-2,5,14-21H2. The lowest BCUT2D eigenvalue weighted by atomic mass is 9.95. The van der Waals surface area contributed by atoms with Crippen LogP contribution in [0.1, 0.15) is 23.6 Å². The van der Waals surface area contributed by atoms with Crippen LogP contribution in [0.3, 0.4) is 0 Å². The van der Waals surface area contributed by atoms with Crippen molar-refractivity contribution in [1.29, 1.82) is 0 Å². The number of rotatable bonds is 12. The highest BCUT2D eigenvalue weighted by molar-refractivity contribution is 6.46. The zero-order chi connectivity index (χ0) is 26.9. The molecule has 8 nitrogen and oxygen atoms in total. The van der Waals surface area contributed by atoms with Gasteiger partial charge in [0, 0.05) is 31.7 Å². The Bertz CT molecular complexity index is 1170. The molecule has 200 valence electrons. The molecule has 0 saturated carbocycles. The number of hydrogen-bond donors (Lipinski definition) is 1. The van der Waals surface area contributed by atoms with Crippen LogP contribution >= 0.6 is 0 Å². The monoisotopic (exact) mass is 518 g/mol. The van der Waals surface area contributed by atoms with E-state index >= 15 is 0 Å². The lowest BCUT2D eigenvalue weighted by Crippen LogP contribution is -2.38. The van der Waals surface area contributed by atoms with E-state index in [-0.39, 0.29) is 11.3 Å². The molecular weight excluding hydrogens is 484 g/mol. The molecule has 1 atom stereocenters. The molecule has 0 aliphatic carbocycles. The second kappa shape index (κ2) is 13.1. The summed E-state index contributed by atoms with van der Waals surface area (Å²) >= 11 is 0. The fourth-order valence-electron chi connectivity index (χ4n) is 4.67. The predicted molar refractivity (Wildman–Crippen MR) is 145 cm³/mol. The zero-order valence-electron chi connectivity index (χ0n) is 21.5. The van der Waals surface area contributed by atoms with Gasteiger partial charge in [-0.25, -0.2) is 0 Å². The third-order valence-corrected chi connectivity index (χ3v) is 6.58. The van der Waals surface area contributed by atoms with E-state index in [4.69, 9.17) is 14.2 Å². The third-order valence-electron chi connectivity index (χ3n) is 6.58. The van der Waals surface area contributed by atoms with Gasteiger partial charge < -0.3 is 24.2 Å². The first-order valence-corrected chi connectivity index (χ1v) is 12.8. The van der Waals surface area contributed by atoms with Gasteiger partial charge in [0.1, 0.15) is 30.5 Å². The number of morpholine rings is 1. The summed E-state index contributed by atoms with van der Waals surface area (Å²) in [6, 6.07) is 13.3. The van der Waals surface area contributed by atoms with E-state index in [0.29, 0.717) is 62.0 Å². The molecule has 2 heterocycles. The van der Waals surface area contributed by atoms with E-state index in [9.17, 15) is 14.7 Å². The number of benzene rings is 2. The van der Waals surface area contributed by atoms with E-state index in [0.717, 1.165) is 19.6 Å². The summed E-state index contributed by atoms with van der Waals surface area (Å²) in [5, 5.41) is 11.3. The molecule has 2 aromatic rings. The summed E-state index contributed by atoms with van der Waals surface area (Å²) < 4.78 is 16.5. The number of ketones is 1. The molecule has 4 rings (SSSR count). The van der Waals surface area contributed by atoms with E-state index in [2.05, 4.69) is 18.1 Å². The molecule has 1 amide bonds. The minimum Gasteiger partial charge on any atom is -0.507 e. The van der Waals surface area contributed by atoms with Gasteiger partial charge in [-0.1, -0.05) is 37.4 Å². The van der Waals surface area contributed by atoms with Crippen molar-refractivity contribution in [3.05, 3.63) is 90.5 Å². The summed E-state index contributed by atoms with van der Waals surface area (Å²) in [5.41, 5.74) is 1.22. The average Bonchev–Trinajstić information content (AvgIpc) is 3.21. The Kier molecular flexibility index (Phi) is 9.35. The van der Waals surface area contributed by atoms with Crippen LogP contribution in [0.2, 0.25) is 0 Å². The van der Waals surface area contributed by atoms with Crippen molar-refractivity contribution < 1.29 is 28.9 Å². The van der Waals surface area contributed by atoms with Crippen molar-refractivity contribution in [3.8, 4) is 11.5 Å². The first-order chi connectivity index (χ1) is 18.5. The lowest BCUT2D eigenvalue weighted by Gasteiger charge is -2.29. The molecular formula is C30H34N2O6. The molecule has 8 heteroatoms. The molecule has 2 aliphatic heterocycles. The Balaban J connectivity index is 1.64. The summed E-state index contributed by atoms with van der Waals surface area (Å²) in [5.74, 6) is -0.273. The Hall–Kier alpha value is -3.88. The molecule has 1 unspecified atom stereocenters. The zero-order valence-corrected chi connectivity index (χ0v) is 21.5. The maximum Gasteiger partial charge on any atom is 0.295 e. The van der Waals surface area contributed by atoms with Gasteiger partial charge in [-0.3, -0.25) is 14.5 Å². The number of aliphatic hydroxyl groups excluding tert-OH is 1. The number of ether oxygens (including phenoxy) is 3. The Morgan fingerprint density at radius 3 is 2.08 bits per heavy atom. The smallest absolute Gasteiger partial charge is 0.295 e. The SMILES string of the molecule is C=CCOc1ccc(C(O)=C2C(=O)C(=O)N(CCCN3CCOCC3)C2c2ccc(OCC=C)cc2)cc1. The van der Waals surface area contributed by atoms with Gasteiger partial charge >= 0.3 is 0 Å². The van der Waals surface area contributed by atoms with E-state index in [1.807, 2.05) is 12.1 Å². The van der Waals surface area contributed by atoms with Crippen LogP contribution in [0.4, 0.5) is 0 Å². The van der Waals surface area contributed by atoms with Gasteiger partial charge in [-0.05, 0) is 48.4 Å². The number of nitrogens with zero attached hydrogens (tertiary/aromatic N) is 2. The summed E-state index contributed by atoms with van der Waals surface area (Å²) in [6.45, 7) is 12.3. The van der Waals surface area contributed by atoms with Crippen molar-refractivity contribution in [1.82, 2.24) is 9.80 Å². The number of amides is 1. The quantitative estimate of drug-likeness (QED) is 0.197. The van der Waals surface area contributed by atoms with E-state index < -0.39 is 17.7 Å². The molecule has 1 N–H and O–H groups in total. The Morgan fingerprint density at radius 1 is 0.921 bits per heavy atom. The van der Waals surface area contributed by atoms with Crippen LogP contribution in [0.25, 0.3) is 5.76 Å². The predicted octanol–water partition coefficient (Wildman–Crippen LogP) is 3.96. The summed E-state index contributed by atoms with van der Waals surface area (Å²) in [7, 11) is 0. The topological polar surface area (TPSA) is 88.5 Å². The van der Waals surface area contributed by atoms with Gasteiger partial charge in [-0.2, -0.15) is 0 Å². The van der Waals surface area contributed by atoms with E-state index in [1.54, 1.807) is 53.5 Å². The number of Topliss-reactive ketones (excluding diaryl/α,β-unsaturated/α-hetero) is 1. The molecule has 2 aromatic carbocycles. The molecule has 2 saturated heterocycles. The number of carbonyl (C=O) groups excluding carboxylic acids is 2. The first-order valence-electron chi connectivity index (χ1n) is 12.8. The second-order valence-electron chi connectivity index (χ2n) is 9.09. The molecule has 2 fully saturated rings. The Labute approximate surface area is 223 Å². The summed E-state index contributed by atoms with van der Waals surface area (Å²) in [4.78, 5) is 30.4. The second-order valence-corrected chi connectivity index (χ2v) is 9.09. The van der Waals surface area contributed by atoms with Crippen molar-refractivity contribution in [3.63, 3.8) is 0 Å². The first kappa shape index (κ1) is 27.2. The highest BCUT2D eigenvalue weighted by Crippen LogP contribution is 2.40. The number of aliphatic hydroxyl groups is 1. The van der Waals surface area contributed by atoms with Crippen LogP contribution in [-0.4, -0.2) is 79.2 Å².